The van der Waals surface area contributed by atoms with Gasteiger partial charge in [0.2, 0.25) is 5.91 Å². The van der Waals surface area contributed by atoms with Gasteiger partial charge in [0.25, 0.3) is 0 Å². The summed E-state index contributed by atoms with van der Waals surface area (Å²) in [5.74, 6) is 0.0347. The number of nitrogens with one attached hydrogen (secondary N) is 2. The van der Waals surface area contributed by atoms with E-state index in [2.05, 4.69) is 15.4 Å². The molecular weight excluding hydrogens is 278 g/mol. The van der Waals surface area contributed by atoms with Crippen molar-refractivity contribution in [3.63, 3.8) is 0 Å². The Morgan fingerprint density at radius 2 is 1.81 bits per heavy atom. The van der Waals surface area contributed by atoms with E-state index < -0.39 is 6.61 Å². The zero-order valence-corrected chi connectivity index (χ0v) is 12.7. The van der Waals surface area contributed by atoms with Crippen LogP contribution in [-0.4, -0.2) is 24.1 Å². The summed E-state index contributed by atoms with van der Waals surface area (Å²) in [6, 6.07) is 5.96. The van der Waals surface area contributed by atoms with Crippen LogP contribution in [-0.2, 0) is 11.3 Å². The van der Waals surface area contributed by atoms with E-state index in [9.17, 15) is 13.6 Å². The van der Waals surface area contributed by atoms with E-state index in [0.717, 1.165) is 5.56 Å². The number of alkyl halides is 2. The zero-order chi connectivity index (χ0) is 16.0. The molecule has 4 nitrogen and oxygen atoms in total. The maximum atomic E-state index is 12.0. The van der Waals surface area contributed by atoms with Crippen molar-refractivity contribution in [2.45, 2.75) is 52.4 Å². The highest BCUT2D eigenvalue weighted by Crippen LogP contribution is 2.14. The average Bonchev–Trinajstić information content (AvgIpc) is 2.34. The summed E-state index contributed by atoms with van der Waals surface area (Å²) in [5.41, 5.74) is 0.605. The maximum absolute atomic E-state index is 12.0. The topological polar surface area (TPSA) is 50.4 Å². The van der Waals surface area contributed by atoms with Gasteiger partial charge in [-0.05, 0) is 45.4 Å². The van der Waals surface area contributed by atoms with Gasteiger partial charge in [-0.3, -0.25) is 4.79 Å². The normalized spacial score (nSPS) is 13.1. The van der Waals surface area contributed by atoms with E-state index in [1.54, 1.807) is 19.1 Å². The summed E-state index contributed by atoms with van der Waals surface area (Å²) in [6.45, 7) is 5.16. The summed E-state index contributed by atoms with van der Waals surface area (Å²) in [4.78, 5) is 11.9. The van der Waals surface area contributed by atoms with Gasteiger partial charge in [-0.1, -0.05) is 12.1 Å². The molecule has 2 N–H and O–H groups in total. The molecule has 0 radical (unpaired) electrons. The van der Waals surface area contributed by atoms with Crippen molar-refractivity contribution in [1.82, 2.24) is 10.6 Å². The van der Waals surface area contributed by atoms with Crippen molar-refractivity contribution in [1.29, 1.82) is 0 Å². The van der Waals surface area contributed by atoms with Crippen LogP contribution in [0.5, 0.6) is 5.75 Å². The SMILES string of the molecule is CC(NCc1ccc(OC(F)F)cc1)C(=O)NC(C)(C)C. The van der Waals surface area contributed by atoms with E-state index >= 15 is 0 Å². The number of benzene rings is 1. The molecule has 0 spiro atoms. The summed E-state index contributed by atoms with van der Waals surface area (Å²) in [7, 11) is 0. The monoisotopic (exact) mass is 300 g/mol. The fourth-order valence-electron chi connectivity index (χ4n) is 1.63. The molecule has 1 rings (SSSR count). The van der Waals surface area contributed by atoms with Crippen LogP contribution in [0.2, 0.25) is 0 Å². The van der Waals surface area contributed by atoms with Gasteiger partial charge in [-0.25, -0.2) is 0 Å². The Kier molecular flexibility index (Phi) is 6.08. The van der Waals surface area contributed by atoms with Crippen LogP contribution in [0.4, 0.5) is 8.78 Å². The highest BCUT2D eigenvalue weighted by atomic mass is 19.3. The van der Waals surface area contributed by atoms with Gasteiger partial charge in [0.05, 0.1) is 6.04 Å². The van der Waals surface area contributed by atoms with Crippen molar-refractivity contribution < 1.29 is 18.3 Å². The van der Waals surface area contributed by atoms with Gasteiger partial charge in [0, 0.05) is 12.1 Å². The lowest BCUT2D eigenvalue weighted by Gasteiger charge is -2.23. The van der Waals surface area contributed by atoms with Crippen molar-refractivity contribution in [3.05, 3.63) is 29.8 Å². The summed E-state index contributed by atoms with van der Waals surface area (Å²) in [6.07, 6.45) is 0. The Morgan fingerprint density at radius 3 is 2.29 bits per heavy atom. The molecule has 0 saturated carbocycles. The molecule has 1 unspecified atom stereocenters. The van der Waals surface area contributed by atoms with Crippen molar-refractivity contribution in [2.75, 3.05) is 0 Å². The molecule has 1 aromatic carbocycles. The molecule has 0 aliphatic carbocycles. The minimum absolute atomic E-state index is 0.0832. The first-order valence-electron chi connectivity index (χ1n) is 6.76. The highest BCUT2D eigenvalue weighted by molar-refractivity contribution is 5.81. The third-order valence-corrected chi connectivity index (χ3v) is 2.65. The number of rotatable bonds is 6. The lowest BCUT2D eigenvalue weighted by Crippen LogP contribution is -2.49. The molecule has 0 aliphatic rings. The largest absolute Gasteiger partial charge is 0.435 e. The molecule has 118 valence electrons. The Morgan fingerprint density at radius 1 is 1.24 bits per heavy atom. The molecule has 0 saturated heterocycles. The van der Waals surface area contributed by atoms with Crippen LogP contribution >= 0.6 is 0 Å². The molecule has 0 fully saturated rings. The molecule has 0 heterocycles. The maximum Gasteiger partial charge on any atom is 0.387 e. The fourth-order valence-corrected chi connectivity index (χ4v) is 1.63. The molecule has 1 amide bonds. The highest BCUT2D eigenvalue weighted by Gasteiger charge is 2.18. The second kappa shape index (κ2) is 7.36. The Balaban J connectivity index is 2.46. The van der Waals surface area contributed by atoms with Crippen LogP contribution < -0.4 is 15.4 Å². The van der Waals surface area contributed by atoms with Crippen LogP contribution in [0.1, 0.15) is 33.3 Å². The van der Waals surface area contributed by atoms with Crippen LogP contribution in [0, 0.1) is 0 Å². The van der Waals surface area contributed by atoms with Crippen molar-refractivity contribution in [3.8, 4) is 5.75 Å². The van der Waals surface area contributed by atoms with E-state index in [0.29, 0.717) is 6.54 Å². The van der Waals surface area contributed by atoms with E-state index in [1.807, 2.05) is 20.8 Å². The third-order valence-electron chi connectivity index (χ3n) is 2.65. The molecule has 6 heteroatoms. The first kappa shape index (κ1) is 17.4. The molecule has 0 aromatic heterocycles. The first-order valence-corrected chi connectivity index (χ1v) is 6.76. The average molecular weight is 300 g/mol. The van der Waals surface area contributed by atoms with Gasteiger partial charge in [-0.15, -0.1) is 0 Å². The van der Waals surface area contributed by atoms with Crippen LogP contribution in [0.15, 0.2) is 24.3 Å². The molecule has 21 heavy (non-hydrogen) atoms. The predicted octanol–water partition coefficient (Wildman–Crippen LogP) is 2.68. The van der Waals surface area contributed by atoms with Gasteiger partial charge in [0.15, 0.2) is 0 Å². The smallest absolute Gasteiger partial charge is 0.387 e. The predicted molar refractivity (Wildman–Crippen MR) is 77.3 cm³/mol. The van der Waals surface area contributed by atoms with Crippen LogP contribution in [0.3, 0.4) is 0 Å². The second-order valence-corrected chi connectivity index (χ2v) is 5.86. The first-order chi connectivity index (χ1) is 9.67. The Labute approximate surface area is 123 Å². The number of carbonyl (C=O) groups is 1. The van der Waals surface area contributed by atoms with Gasteiger partial charge in [-0.2, -0.15) is 8.78 Å². The minimum atomic E-state index is -2.82. The molecular formula is C15H22F2N2O2. The number of ether oxygens (including phenoxy) is 1. The molecule has 0 aliphatic heterocycles. The van der Waals surface area contributed by atoms with Gasteiger partial charge in [0.1, 0.15) is 5.75 Å². The number of hydrogen-bond acceptors (Lipinski definition) is 3. The summed E-state index contributed by atoms with van der Waals surface area (Å²) >= 11 is 0. The minimum Gasteiger partial charge on any atom is -0.435 e. The Bertz CT molecular complexity index is 456. The lowest BCUT2D eigenvalue weighted by molar-refractivity contribution is -0.124. The number of halogens is 2. The van der Waals surface area contributed by atoms with Crippen LogP contribution in [0.25, 0.3) is 0 Å². The molecule has 1 aromatic rings. The van der Waals surface area contributed by atoms with E-state index in [4.69, 9.17) is 0 Å². The van der Waals surface area contributed by atoms with E-state index in [-0.39, 0.29) is 23.2 Å². The zero-order valence-electron chi connectivity index (χ0n) is 12.7. The van der Waals surface area contributed by atoms with Crippen molar-refractivity contribution in [2.24, 2.45) is 0 Å². The van der Waals surface area contributed by atoms with Gasteiger partial charge >= 0.3 is 6.61 Å². The Hall–Kier alpha value is -1.69. The quantitative estimate of drug-likeness (QED) is 0.849. The summed E-state index contributed by atoms with van der Waals surface area (Å²) in [5, 5.41) is 5.96. The number of amides is 1. The number of carbonyl (C=O) groups excluding carboxylic acids is 1. The fraction of sp³-hybridized carbons (Fsp3) is 0.533. The standard InChI is InChI=1S/C15H22F2N2O2/c1-10(13(20)19-15(2,3)4)18-9-11-5-7-12(8-6-11)21-14(16)17/h5-8,10,14,18H,9H2,1-4H3,(H,19,20). The van der Waals surface area contributed by atoms with Crippen molar-refractivity contribution >= 4 is 5.91 Å². The summed E-state index contributed by atoms with van der Waals surface area (Å²) < 4.78 is 28.3. The molecule has 1 atom stereocenters. The lowest BCUT2D eigenvalue weighted by atomic mass is 10.1. The number of hydrogen-bond donors (Lipinski definition) is 2. The van der Waals surface area contributed by atoms with E-state index in [1.165, 1.54) is 12.1 Å². The second-order valence-electron chi connectivity index (χ2n) is 5.86. The third kappa shape index (κ3) is 7.04. The molecule has 0 bridgehead atoms. The van der Waals surface area contributed by atoms with Gasteiger partial charge < -0.3 is 15.4 Å².